The van der Waals surface area contributed by atoms with E-state index in [2.05, 4.69) is 22.0 Å². The highest BCUT2D eigenvalue weighted by atomic mass is 32.2. The minimum Gasteiger partial charge on any atom is -0.450 e. The van der Waals surface area contributed by atoms with E-state index in [1.807, 2.05) is 30.3 Å². The summed E-state index contributed by atoms with van der Waals surface area (Å²) in [6.45, 7) is 5.98. The van der Waals surface area contributed by atoms with Crippen LogP contribution < -0.4 is 10.0 Å². The number of hydrogen-bond acceptors (Lipinski definition) is 6. The Labute approximate surface area is 202 Å². The van der Waals surface area contributed by atoms with Crippen LogP contribution in [0.5, 0.6) is 0 Å². The van der Waals surface area contributed by atoms with Gasteiger partial charge in [0.25, 0.3) is 0 Å². The van der Waals surface area contributed by atoms with Gasteiger partial charge < -0.3 is 19.9 Å². The maximum Gasteiger partial charge on any atom is 0.409 e. The molecule has 0 saturated carbocycles. The number of nitrogens with zero attached hydrogens (tertiary/aromatic N) is 2. The van der Waals surface area contributed by atoms with Crippen LogP contribution in [0.4, 0.5) is 4.79 Å². The third-order valence-electron chi connectivity index (χ3n) is 6.91. The number of likely N-dealkylation sites (tertiary alicyclic amines) is 2. The van der Waals surface area contributed by atoms with Crippen LogP contribution in [0, 0.1) is 0 Å². The zero-order chi connectivity index (χ0) is 24.1. The van der Waals surface area contributed by atoms with Crippen LogP contribution in [0.1, 0.15) is 38.2 Å². The van der Waals surface area contributed by atoms with Crippen LogP contribution in [0.2, 0.25) is 0 Å². The number of rotatable bonds is 7. The minimum absolute atomic E-state index is 0.208. The first-order valence-electron chi connectivity index (χ1n) is 12.2. The number of sulfonamides is 1. The quantitative estimate of drug-likeness (QED) is 0.623. The number of fused-ring (bicyclic) bond motifs is 1. The highest BCUT2D eigenvalue weighted by Crippen LogP contribution is 2.27. The largest absolute Gasteiger partial charge is 0.450 e. The summed E-state index contributed by atoms with van der Waals surface area (Å²) in [5.41, 5.74) is 1.11. The number of nitrogens with one attached hydrogen (secondary N) is 2. The van der Waals surface area contributed by atoms with Crippen molar-refractivity contribution in [2.75, 3.05) is 39.8 Å². The summed E-state index contributed by atoms with van der Waals surface area (Å²) in [6.07, 6.45) is 3.04. The Bertz CT molecular complexity index is 1090. The van der Waals surface area contributed by atoms with E-state index in [-0.39, 0.29) is 12.1 Å². The second-order valence-corrected chi connectivity index (χ2v) is 11.0. The third kappa shape index (κ3) is 5.89. The molecule has 2 fully saturated rings. The van der Waals surface area contributed by atoms with E-state index < -0.39 is 10.0 Å². The predicted molar refractivity (Wildman–Crippen MR) is 133 cm³/mol. The maximum atomic E-state index is 13.3. The molecule has 0 aliphatic carbocycles. The van der Waals surface area contributed by atoms with E-state index in [0.717, 1.165) is 48.8 Å². The molecule has 2 saturated heterocycles. The first kappa shape index (κ1) is 24.9. The lowest BCUT2D eigenvalue weighted by Gasteiger charge is -2.31. The SMILES string of the molecule is CCOC(=O)N1CCC(NS(=O)(=O)c2ccc(CNC3CCN(C)CC3)c3ccccc23)CC1. The molecular weight excluding hydrogens is 452 g/mol. The van der Waals surface area contributed by atoms with Crippen molar-refractivity contribution in [1.29, 1.82) is 0 Å². The Morgan fingerprint density at radius 3 is 2.29 bits per heavy atom. The average Bonchev–Trinajstić information content (AvgIpc) is 2.83. The molecule has 2 aliphatic heterocycles. The molecule has 0 radical (unpaired) electrons. The van der Waals surface area contributed by atoms with Crippen molar-refractivity contribution >= 4 is 26.9 Å². The zero-order valence-electron chi connectivity index (χ0n) is 20.1. The molecule has 0 atom stereocenters. The van der Waals surface area contributed by atoms with E-state index in [1.54, 1.807) is 17.9 Å². The van der Waals surface area contributed by atoms with Crippen molar-refractivity contribution in [3.05, 3.63) is 42.0 Å². The Morgan fingerprint density at radius 1 is 0.971 bits per heavy atom. The van der Waals surface area contributed by atoms with Gasteiger partial charge >= 0.3 is 6.09 Å². The highest BCUT2D eigenvalue weighted by Gasteiger charge is 2.28. The van der Waals surface area contributed by atoms with Crippen LogP contribution in [-0.4, -0.2) is 76.2 Å². The smallest absolute Gasteiger partial charge is 0.409 e. The van der Waals surface area contributed by atoms with E-state index in [1.165, 1.54) is 0 Å². The zero-order valence-corrected chi connectivity index (χ0v) is 20.9. The van der Waals surface area contributed by atoms with Crippen molar-refractivity contribution in [2.45, 2.75) is 56.1 Å². The van der Waals surface area contributed by atoms with Gasteiger partial charge in [0.1, 0.15) is 0 Å². The van der Waals surface area contributed by atoms with Gasteiger partial charge in [-0.2, -0.15) is 0 Å². The number of amides is 1. The Balaban J connectivity index is 1.45. The minimum atomic E-state index is -3.70. The molecule has 2 aromatic rings. The molecule has 2 N–H and O–H groups in total. The van der Waals surface area contributed by atoms with E-state index in [9.17, 15) is 13.2 Å². The van der Waals surface area contributed by atoms with E-state index in [0.29, 0.717) is 43.5 Å². The molecule has 34 heavy (non-hydrogen) atoms. The molecule has 0 bridgehead atoms. The summed E-state index contributed by atoms with van der Waals surface area (Å²) in [4.78, 5) is 16.2. The van der Waals surface area contributed by atoms with Crippen molar-refractivity contribution in [2.24, 2.45) is 0 Å². The summed E-state index contributed by atoms with van der Waals surface area (Å²) in [5, 5.41) is 5.36. The number of carbonyl (C=O) groups excluding carboxylic acids is 1. The molecule has 0 unspecified atom stereocenters. The molecular formula is C25H36N4O4S. The first-order chi connectivity index (χ1) is 16.4. The molecule has 8 nitrogen and oxygen atoms in total. The lowest BCUT2D eigenvalue weighted by atomic mass is 10.0. The van der Waals surface area contributed by atoms with Gasteiger partial charge in [0, 0.05) is 37.1 Å². The highest BCUT2D eigenvalue weighted by molar-refractivity contribution is 7.89. The van der Waals surface area contributed by atoms with Gasteiger partial charge in [-0.3, -0.25) is 0 Å². The second-order valence-electron chi connectivity index (χ2n) is 9.31. The molecule has 9 heteroatoms. The van der Waals surface area contributed by atoms with Crippen molar-refractivity contribution < 1.29 is 17.9 Å². The topological polar surface area (TPSA) is 91.0 Å². The second kappa shape index (κ2) is 11.0. The summed E-state index contributed by atoms with van der Waals surface area (Å²) >= 11 is 0. The first-order valence-corrected chi connectivity index (χ1v) is 13.7. The van der Waals surface area contributed by atoms with E-state index in [4.69, 9.17) is 4.74 Å². The van der Waals surface area contributed by atoms with Gasteiger partial charge in [-0.25, -0.2) is 17.9 Å². The average molecular weight is 489 g/mol. The van der Waals surface area contributed by atoms with Crippen molar-refractivity contribution in [3.8, 4) is 0 Å². The van der Waals surface area contributed by atoms with Gasteiger partial charge in [-0.15, -0.1) is 0 Å². The molecule has 4 rings (SSSR count). The summed E-state index contributed by atoms with van der Waals surface area (Å²) in [5.74, 6) is 0. The summed E-state index contributed by atoms with van der Waals surface area (Å²) in [7, 11) is -1.55. The number of carbonyl (C=O) groups is 1. The molecule has 0 spiro atoms. The van der Waals surface area contributed by atoms with Gasteiger partial charge in [0.2, 0.25) is 10.0 Å². The number of piperidine rings is 2. The monoisotopic (exact) mass is 488 g/mol. The lowest BCUT2D eigenvalue weighted by molar-refractivity contribution is 0.0966. The van der Waals surface area contributed by atoms with Crippen LogP contribution in [0.25, 0.3) is 10.8 Å². The summed E-state index contributed by atoms with van der Waals surface area (Å²) in [6, 6.07) is 11.7. The molecule has 1 amide bonds. The normalized spacial score (nSPS) is 18.9. The molecule has 2 heterocycles. The summed E-state index contributed by atoms with van der Waals surface area (Å²) < 4.78 is 34.6. The van der Waals surface area contributed by atoms with E-state index >= 15 is 0 Å². The predicted octanol–water partition coefficient (Wildman–Crippen LogP) is 2.92. The van der Waals surface area contributed by atoms with Crippen LogP contribution in [0.3, 0.4) is 0 Å². The van der Waals surface area contributed by atoms with Gasteiger partial charge in [0.05, 0.1) is 11.5 Å². The number of benzene rings is 2. The van der Waals surface area contributed by atoms with Crippen molar-refractivity contribution in [1.82, 2.24) is 19.8 Å². The maximum absolute atomic E-state index is 13.3. The number of hydrogen-bond donors (Lipinski definition) is 2. The third-order valence-corrected chi connectivity index (χ3v) is 8.49. The molecule has 2 aromatic carbocycles. The number of ether oxygens (including phenoxy) is 1. The van der Waals surface area contributed by atoms with Crippen molar-refractivity contribution in [3.63, 3.8) is 0 Å². The fourth-order valence-electron chi connectivity index (χ4n) is 4.87. The molecule has 0 aromatic heterocycles. The fourth-order valence-corrected chi connectivity index (χ4v) is 6.38. The Morgan fingerprint density at radius 2 is 1.62 bits per heavy atom. The van der Waals surface area contributed by atoms with Crippen LogP contribution >= 0.6 is 0 Å². The van der Waals surface area contributed by atoms with Gasteiger partial charge in [-0.1, -0.05) is 30.3 Å². The fraction of sp³-hybridized carbons (Fsp3) is 0.560. The van der Waals surface area contributed by atoms with Crippen LogP contribution in [-0.2, 0) is 21.3 Å². The van der Waals surface area contributed by atoms with Gasteiger partial charge in [0.15, 0.2) is 0 Å². The van der Waals surface area contributed by atoms with Crippen LogP contribution in [0.15, 0.2) is 41.3 Å². The Hall–Kier alpha value is -2.20. The Kier molecular flexibility index (Phi) is 8.08. The standard InChI is InChI=1S/C25H36N4O4S/c1-3-33-25(30)29-16-12-21(13-17-29)27-34(31,32)24-9-8-19(22-6-4-5-7-23(22)24)18-26-20-10-14-28(2)15-11-20/h4-9,20-21,26-27H,3,10-18H2,1-2H3. The lowest BCUT2D eigenvalue weighted by Crippen LogP contribution is -2.46. The van der Waals surface area contributed by atoms with Gasteiger partial charge in [-0.05, 0) is 69.8 Å². The molecule has 2 aliphatic rings. The molecule has 186 valence electrons.